The summed E-state index contributed by atoms with van der Waals surface area (Å²) in [6.45, 7) is 0.524. The minimum absolute atomic E-state index is 0.107. The van der Waals surface area contributed by atoms with Gasteiger partial charge in [-0.05, 0) is 35.9 Å². The first-order valence-electron chi connectivity index (χ1n) is 9.12. The molecule has 2 aromatic carbocycles. The molecule has 0 saturated carbocycles. The molecule has 0 N–H and O–H groups in total. The molecule has 0 aliphatic carbocycles. The molecule has 0 spiro atoms. The van der Waals surface area contributed by atoms with Crippen LogP contribution in [0.15, 0.2) is 47.8 Å². The number of methoxy groups -OCH3 is 2. The summed E-state index contributed by atoms with van der Waals surface area (Å²) in [4.78, 5) is 21.1. The average Bonchev–Trinajstić information content (AvgIpc) is 3.23. The number of rotatable bonds is 7. The number of thiazole rings is 1. The number of hydrogen-bond donors (Lipinski definition) is 0. The summed E-state index contributed by atoms with van der Waals surface area (Å²) in [7, 11) is 8.99. The lowest BCUT2D eigenvalue weighted by molar-refractivity contribution is 0.0780. The highest BCUT2D eigenvalue weighted by atomic mass is 32.1. The predicted molar refractivity (Wildman–Crippen MR) is 117 cm³/mol. The Bertz CT molecular complexity index is 983. The average molecular weight is 412 g/mol. The fraction of sp³-hybridized carbons (Fsp3) is 0.273. The number of anilines is 1. The summed E-state index contributed by atoms with van der Waals surface area (Å²) in [5.41, 5.74) is 3.52. The van der Waals surface area contributed by atoms with E-state index in [4.69, 9.17) is 9.47 Å². The molecule has 6 nitrogen and oxygen atoms in total. The molecule has 7 heteroatoms. The third-order valence-electron chi connectivity index (χ3n) is 4.57. The van der Waals surface area contributed by atoms with E-state index in [9.17, 15) is 4.79 Å². The van der Waals surface area contributed by atoms with Crippen LogP contribution in [-0.2, 0) is 6.54 Å². The first-order chi connectivity index (χ1) is 13.9. The van der Waals surface area contributed by atoms with Crippen LogP contribution in [0.1, 0.15) is 16.1 Å². The zero-order chi connectivity index (χ0) is 21.0. The summed E-state index contributed by atoms with van der Waals surface area (Å²) in [6, 6.07) is 13.8. The maximum Gasteiger partial charge on any atom is 0.273 e. The minimum atomic E-state index is -0.107. The molecular formula is C22H25N3O3S. The Hall–Kier alpha value is -3.06. The molecule has 1 aromatic heterocycles. The Morgan fingerprint density at radius 1 is 1.00 bits per heavy atom. The van der Waals surface area contributed by atoms with Gasteiger partial charge in [0.25, 0.3) is 5.91 Å². The molecular weight excluding hydrogens is 386 g/mol. The van der Waals surface area contributed by atoms with Crippen LogP contribution < -0.4 is 14.4 Å². The molecule has 0 radical (unpaired) electrons. The first-order valence-corrected chi connectivity index (χ1v) is 10.0. The van der Waals surface area contributed by atoms with Gasteiger partial charge in [-0.1, -0.05) is 12.1 Å². The lowest BCUT2D eigenvalue weighted by Crippen LogP contribution is -2.26. The van der Waals surface area contributed by atoms with Crippen molar-refractivity contribution in [2.45, 2.75) is 6.54 Å². The van der Waals surface area contributed by atoms with Gasteiger partial charge in [0.15, 0.2) is 11.5 Å². The summed E-state index contributed by atoms with van der Waals surface area (Å²) in [6.07, 6.45) is 0. The van der Waals surface area contributed by atoms with E-state index in [2.05, 4.69) is 4.98 Å². The van der Waals surface area contributed by atoms with Gasteiger partial charge in [-0.25, -0.2) is 4.98 Å². The van der Waals surface area contributed by atoms with Crippen molar-refractivity contribution in [3.63, 3.8) is 0 Å². The highest BCUT2D eigenvalue weighted by Crippen LogP contribution is 2.33. The maximum atomic E-state index is 12.8. The van der Waals surface area contributed by atoms with Crippen LogP contribution in [0.25, 0.3) is 10.6 Å². The SMILES string of the molecule is COc1ccc(-c2nc(C(=O)N(C)Cc3ccc(N(C)C)cc3)cs2)cc1OC. The van der Waals surface area contributed by atoms with Gasteiger partial charge in [-0.3, -0.25) is 4.79 Å². The number of ether oxygens (including phenoxy) is 2. The van der Waals surface area contributed by atoms with Crippen molar-refractivity contribution in [1.29, 1.82) is 0 Å². The van der Waals surface area contributed by atoms with Crippen molar-refractivity contribution >= 4 is 22.9 Å². The van der Waals surface area contributed by atoms with Crippen LogP contribution in [-0.4, -0.2) is 51.2 Å². The number of carbonyl (C=O) groups excluding carboxylic acids is 1. The normalized spacial score (nSPS) is 10.5. The van der Waals surface area contributed by atoms with Crippen LogP contribution in [0.2, 0.25) is 0 Å². The molecule has 3 rings (SSSR count). The number of carbonyl (C=O) groups is 1. The van der Waals surface area contributed by atoms with E-state index in [0.29, 0.717) is 23.7 Å². The highest BCUT2D eigenvalue weighted by Gasteiger charge is 2.17. The van der Waals surface area contributed by atoms with Gasteiger partial charge in [0.1, 0.15) is 10.7 Å². The second-order valence-electron chi connectivity index (χ2n) is 6.83. The number of nitrogens with zero attached hydrogens (tertiary/aromatic N) is 3. The quantitative estimate of drug-likeness (QED) is 0.584. The predicted octanol–water partition coefficient (Wildman–Crippen LogP) is 4.17. The van der Waals surface area contributed by atoms with Crippen molar-refractivity contribution in [3.8, 4) is 22.1 Å². The third-order valence-corrected chi connectivity index (χ3v) is 5.46. The standard InChI is InChI=1S/C22H25N3O3S/c1-24(2)17-9-6-15(7-10-17)13-25(3)22(26)18-14-29-21(23-18)16-8-11-19(27-4)20(12-16)28-5/h6-12,14H,13H2,1-5H3. The number of aromatic nitrogens is 1. The Labute approximate surface area is 175 Å². The van der Waals surface area contributed by atoms with E-state index < -0.39 is 0 Å². The van der Waals surface area contributed by atoms with Gasteiger partial charge in [0, 0.05) is 44.3 Å². The molecule has 29 heavy (non-hydrogen) atoms. The lowest BCUT2D eigenvalue weighted by atomic mass is 10.2. The van der Waals surface area contributed by atoms with E-state index >= 15 is 0 Å². The van der Waals surface area contributed by atoms with Gasteiger partial charge in [0.2, 0.25) is 0 Å². The van der Waals surface area contributed by atoms with Gasteiger partial charge >= 0.3 is 0 Å². The summed E-state index contributed by atoms with van der Waals surface area (Å²) in [5, 5.41) is 2.55. The second-order valence-corrected chi connectivity index (χ2v) is 7.69. The van der Waals surface area contributed by atoms with E-state index in [1.54, 1.807) is 31.5 Å². The molecule has 0 fully saturated rings. The Morgan fingerprint density at radius 3 is 2.31 bits per heavy atom. The van der Waals surface area contributed by atoms with Gasteiger partial charge in [0.05, 0.1) is 14.2 Å². The summed E-state index contributed by atoms with van der Waals surface area (Å²) in [5.74, 6) is 1.18. The fourth-order valence-electron chi connectivity index (χ4n) is 2.91. The fourth-order valence-corrected chi connectivity index (χ4v) is 3.71. The zero-order valence-electron chi connectivity index (χ0n) is 17.3. The van der Waals surface area contributed by atoms with Crippen molar-refractivity contribution < 1.29 is 14.3 Å². The highest BCUT2D eigenvalue weighted by molar-refractivity contribution is 7.13. The van der Waals surface area contributed by atoms with Crippen LogP contribution in [0.3, 0.4) is 0 Å². The topological polar surface area (TPSA) is 54.9 Å². The lowest BCUT2D eigenvalue weighted by Gasteiger charge is -2.17. The smallest absolute Gasteiger partial charge is 0.273 e. The Balaban J connectivity index is 1.73. The summed E-state index contributed by atoms with van der Waals surface area (Å²) >= 11 is 1.43. The molecule has 0 atom stereocenters. The Morgan fingerprint density at radius 2 is 1.69 bits per heavy atom. The largest absolute Gasteiger partial charge is 0.493 e. The van der Waals surface area contributed by atoms with Crippen LogP contribution in [0.5, 0.6) is 11.5 Å². The molecule has 1 amide bonds. The van der Waals surface area contributed by atoms with Crippen molar-refractivity contribution in [2.75, 3.05) is 40.3 Å². The number of amides is 1. The van der Waals surface area contributed by atoms with E-state index in [1.165, 1.54) is 11.3 Å². The molecule has 0 aliphatic heterocycles. The summed E-state index contributed by atoms with van der Waals surface area (Å²) < 4.78 is 10.6. The zero-order valence-corrected chi connectivity index (χ0v) is 18.1. The monoisotopic (exact) mass is 411 g/mol. The third kappa shape index (κ3) is 4.68. The van der Waals surface area contributed by atoms with E-state index in [1.807, 2.05) is 61.5 Å². The van der Waals surface area contributed by atoms with Crippen molar-refractivity contribution in [1.82, 2.24) is 9.88 Å². The van der Waals surface area contributed by atoms with Crippen molar-refractivity contribution in [3.05, 3.63) is 59.1 Å². The first kappa shape index (κ1) is 20.7. The van der Waals surface area contributed by atoms with Gasteiger partial charge in [-0.15, -0.1) is 11.3 Å². The van der Waals surface area contributed by atoms with Gasteiger partial charge < -0.3 is 19.3 Å². The van der Waals surface area contributed by atoms with E-state index in [-0.39, 0.29) is 5.91 Å². The molecule has 3 aromatic rings. The molecule has 0 saturated heterocycles. The van der Waals surface area contributed by atoms with Crippen LogP contribution in [0, 0.1) is 0 Å². The molecule has 0 aliphatic rings. The van der Waals surface area contributed by atoms with Crippen LogP contribution >= 0.6 is 11.3 Å². The maximum absolute atomic E-state index is 12.8. The number of benzene rings is 2. The van der Waals surface area contributed by atoms with Crippen molar-refractivity contribution in [2.24, 2.45) is 0 Å². The minimum Gasteiger partial charge on any atom is -0.493 e. The molecule has 0 unspecified atom stereocenters. The van der Waals surface area contributed by atoms with Gasteiger partial charge in [-0.2, -0.15) is 0 Å². The second kappa shape index (κ2) is 8.96. The Kier molecular flexibility index (Phi) is 6.39. The molecule has 0 bridgehead atoms. The number of hydrogen-bond acceptors (Lipinski definition) is 6. The van der Waals surface area contributed by atoms with Crippen LogP contribution in [0.4, 0.5) is 5.69 Å². The molecule has 1 heterocycles. The molecule has 152 valence electrons. The van der Waals surface area contributed by atoms with E-state index in [0.717, 1.165) is 21.8 Å².